The predicted molar refractivity (Wildman–Crippen MR) is 72.1 cm³/mol. The molecule has 1 aromatic heterocycles. The zero-order valence-electron chi connectivity index (χ0n) is 10.5. The molecule has 7 nitrogen and oxygen atoms in total. The molecule has 1 heterocycles. The van der Waals surface area contributed by atoms with Crippen LogP contribution >= 0.6 is 0 Å². The van der Waals surface area contributed by atoms with Crippen LogP contribution < -0.4 is 10.5 Å². The maximum Gasteiger partial charge on any atom is 0.295 e. The topological polar surface area (TPSA) is 115 Å². The number of pyridine rings is 1. The number of nitro groups is 1. The molecule has 0 aliphatic rings. The summed E-state index contributed by atoms with van der Waals surface area (Å²) in [5.74, 6) is 0.490. The highest BCUT2D eigenvalue weighted by atomic mass is 16.6. The Morgan fingerprint density at radius 3 is 3.00 bits per heavy atom. The minimum atomic E-state index is -0.586. The predicted octanol–water partition coefficient (Wildman–Crippen LogP) is 1.76. The van der Waals surface area contributed by atoms with Crippen molar-refractivity contribution in [2.45, 2.75) is 12.5 Å². The average molecular weight is 272 g/mol. The van der Waals surface area contributed by atoms with Gasteiger partial charge < -0.3 is 10.5 Å². The van der Waals surface area contributed by atoms with Gasteiger partial charge in [-0.05, 0) is 18.2 Å². The Labute approximate surface area is 114 Å². The standard InChI is InChI=1S/C13H12N4O3/c14-8-9(15)5-7-20-12-4-3-11(17(18)19)13-10(12)2-1-6-16-13/h1-4,6,9H,5,7,15H2. The number of aromatic nitrogens is 1. The van der Waals surface area contributed by atoms with Crippen LogP contribution in [0.5, 0.6) is 5.75 Å². The molecule has 1 unspecified atom stereocenters. The van der Waals surface area contributed by atoms with Gasteiger partial charge in [-0.15, -0.1) is 0 Å². The van der Waals surface area contributed by atoms with Gasteiger partial charge in [-0.3, -0.25) is 10.1 Å². The van der Waals surface area contributed by atoms with Crippen molar-refractivity contribution in [3.05, 3.63) is 40.6 Å². The van der Waals surface area contributed by atoms with Crippen LogP contribution in [0.3, 0.4) is 0 Å². The molecule has 1 atom stereocenters. The van der Waals surface area contributed by atoms with Crippen LogP contribution in [0.2, 0.25) is 0 Å². The molecular formula is C13H12N4O3. The van der Waals surface area contributed by atoms with E-state index >= 15 is 0 Å². The Bertz CT molecular complexity index is 681. The molecule has 2 N–H and O–H groups in total. The van der Waals surface area contributed by atoms with E-state index in [1.807, 2.05) is 6.07 Å². The number of nitriles is 1. The molecule has 2 aromatic rings. The van der Waals surface area contributed by atoms with E-state index in [9.17, 15) is 10.1 Å². The van der Waals surface area contributed by atoms with E-state index in [1.54, 1.807) is 12.1 Å². The van der Waals surface area contributed by atoms with Crippen LogP contribution in [-0.4, -0.2) is 22.6 Å². The highest BCUT2D eigenvalue weighted by Crippen LogP contribution is 2.31. The molecule has 0 bridgehead atoms. The van der Waals surface area contributed by atoms with E-state index in [4.69, 9.17) is 15.7 Å². The van der Waals surface area contributed by atoms with Crippen molar-refractivity contribution < 1.29 is 9.66 Å². The smallest absolute Gasteiger partial charge is 0.295 e. The third-order valence-corrected chi connectivity index (χ3v) is 2.76. The number of nitro benzene ring substituents is 1. The van der Waals surface area contributed by atoms with Crippen LogP contribution in [0.25, 0.3) is 10.9 Å². The lowest BCUT2D eigenvalue weighted by Gasteiger charge is -2.09. The van der Waals surface area contributed by atoms with Gasteiger partial charge >= 0.3 is 0 Å². The van der Waals surface area contributed by atoms with E-state index in [0.29, 0.717) is 17.6 Å². The zero-order valence-corrected chi connectivity index (χ0v) is 10.5. The number of hydrogen-bond acceptors (Lipinski definition) is 6. The first-order valence-corrected chi connectivity index (χ1v) is 5.93. The Kier molecular flexibility index (Phi) is 4.08. The van der Waals surface area contributed by atoms with E-state index in [1.165, 1.54) is 18.3 Å². The molecule has 1 aromatic carbocycles. The second-order valence-electron chi connectivity index (χ2n) is 4.11. The summed E-state index contributed by atoms with van der Waals surface area (Å²) in [7, 11) is 0. The SMILES string of the molecule is N#CC(N)CCOc1ccc([N+](=O)[O-])c2ncccc12. The Morgan fingerprint density at radius 2 is 2.30 bits per heavy atom. The largest absolute Gasteiger partial charge is 0.493 e. The summed E-state index contributed by atoms with van der Waals surface area (Å²) in [5.41, 5.74) is 5.68. The molecule has 20 heavy (non-hydrogen) atoms. The highest BCUT2D eigenvalue weighted by molar-refractivity contribution is 5.91. The van der Waals surface area contributed by atoms with E-state index in [-0.39, 0.29) is 17.8 Å². The van der Waals surface area contributed by atoms with Crippen molar-refractivity contribution in [1.82, 2.24) is 4.98 Å². The maximum absolute atomic E-state index is 10.9. The first-order valence-electron chi connectivity index (χ1n) is 5.93. The van der Waals surface area contributed by atoms with Gasteiger partial charge in [0.05, 0.1) is 23.6 Å². The minimum Gasteiger partial charge on any atom is -0.493 e. The third kappa shape index (κ3) is 2.81. The summed E-state index contributed by atoms with van der Waals surface area (Å²) in [6, 6.07) is 7.59. The molecule has 0 saturated carbocycles. The summed E-state index contributed by atoms with van der Waals surface area (Å²) in [5, 5.41) is 20.1. The van der Waals surface area contributed by atoms with Gasteiger partial charge in [-0.2, -0.15) is 5.26 Å². The number of rotatable bonds is 5. The summed E-state index contributed by atoms with van der Waals surface area (Å²) in [4.78, 5) is 14.5. The molecule has 0 radical (unpaired) electrons. The molecule has 0 saturated heterocycles. The molecule has 7 heteroatoms. The molecule has 0 fully saturated rings. The van der Waals surface area contributed by atoms with Gasteiger partial charge in [0.2, 0.25) is 0 Å². The second kappa shape index (κ2) is 5.95. The lowest BCUT2D eigenvalue weighted by Crippen LogP contribution is -2.20. The Morgan fingerprint density at radius 1 is 1.50 bits per heavy atom. The van der Waals surface area contributed by atoms with Crippen molar-refractivity contribution in [3.8, 4) is 11.8 Å². The monoisotopic (exact) mass is 272 g/mol. The van der Waals surface area contributed by atoms with E-state index < -0.39 is 11.0 Å². The molecule has 0 amide bonds. The van der Waals surface area contributed by atoms with Gasteiger partial charge in [0.15, 0.2) is 5.52 Å². The summed E-state index contributed by atoms with van der Waals surface area (Å²) < 4.78 is 5.53. The van der Waals surface area contributed by atoms with Crippen LogP contribution in [-0.2, 0) is 0 Å². The lowest BCUT2D eigenvalue weighted by molar-refractivity contribution is -0.383. The quantitative estimate of drug-likeness (QED) is 0.655. The molecule has 0 spiro atoms. The van der Waals surface area contributed by atoms with Crippen LogP contribution in [0.15, 0.2) is 30.5 Å². The van der Waals surface area contributed by atoms with Crippen molar-refractivity contribution in [3.63, 3.8) is 0 Å². The highest BCUT2D eigenvalue weighted by Gasteiger charge is 2.16. The number of benzene rings is 1. The fourth-order valence-corrected chi connectivity index (χ4v) is 1.77. The van der Waals surface area contributed by atoms with Gasteiger partial charge in [-0.25, -0.2) is 4.98 Å². The molecular weight excluding hydrogens is 260 g/mol. The Hall–Kier alpha value is -2.72. The van der Waals surface area contributed by atoms with Crippen molar-refractivity contribution in [2.24, 2.45) is 5.73 Å². The molecule has 0 aliphatic carbocycles. The van der Waals surface area contributed by atoms with Crippen molar-refractivity contribution in [2.75, 3.05) is 6.61 Å². The fourth-order valence-electron chi connectivity index (χ4n) is 1.77. The third-order valence-electron chi connectivity index (χ3n) is 2.76. The number of nitrogens with zero attached hydrogens (tertiary/aromatic N) is 3. The van der Waals surface area contributed by atoms with Crippen LogP contribution in [0.1, 0.15) is 6.42 Å². The molecule has 102 valence electrons. The van der Waals surface area contributed by atoms with Crippen LogP contribution in [0, 0.1) is 21.4 Å². The number of nitrogens with two attached hydrogens (primary N) is 1. The number of ether oxygens (including phenoxy) is 1. The van der Waals surface area contributed by atoms with Gasteiger partial charge in [0.1, 0.15) is 5.75 Å². The maximum atomic E-state index is 10.9. The second-order valence-corrected chi connectivity index (χ2v) is 4.11. The molecule has 0 aliphatic heterocycles. The van der Waals surface area contributed by atoms with Crippen LogP contribution in [0.4, 0.5) is 5.69 Å². The van der Waals surface area contributed by atoms with E-state index in [0.717, 1.165) is 0 Å². The number of fused-ring (bicyclic) bond motifs is 1. The van der Waals surface area contributed by atoms with Gasteiger partial charge in [-0.1, -0.05) is 0 Å². The lowest BCUT2D eigenvalue weighted by atomic mass is 10.1. The summed E-state index contributed by atoms with van der Waals surface area (Å²) in [6.45, 7) is 0.260. The van der Waals surface area contributed by atoms with Gasteiger partial charge in [0.25, 0.3) is 5.69 Å². The number of hydrogen-bond donors (Lipinski definition) is 1. The fraction of sp³-hybridized carbons (Fsp3) is 0.231. The molecule has 2 rings (SSSR count). The zero-order chi connectivity index (χ0) is 14.5. The van der Waals surface area contributed by atoms with Crippen molar-refractivity contribution in [1.29, 1.82) is 5.26 Å². The van der Waals surface area contributed by atoms with E-state index in [2.05, 4.69) is 4.98 Å². The summed E-state index contributed by atoms with van der Waals surface area (Å²) in [6.07, 6.45) is 1.87. The number of non-ortho nitro benzene ring substituents is 1. The van der Waals surface area contributed by atoms with Gasteiger partial charge in [0, 0.05) is 24.1 Å². The summed E-state index contributed by atoms with van der Waals surface area (Å²) >= 11 is 0. The minimum absolute atomic E-state index is 0.0679. The Balaban J connectivity index is 2.29. The normalized spacial score (nSPS) is 11.8. The van der Waals surface area contributed by atoms with Crippen molar-refractivity contribution >= 4 is 16.6 Å². The average Bonchev–Trinajstić information content (AvgIpc) is 2.46. The first-order chi connectivity index (χ1) is 9.63. The first kappa shape index (κ1) is 13.7.